The second-order valence-corrected chi connectivity index (χ2v) is 5.15. The van der Waals surface area contributed by atoms with Crippen molar-refractivity contribution in [1.82, 2.24) is 9.88 Å². The molecule has 1 aliphatic carbocycles. The predicted octanol–water partition coefficient (Wildman–Crippen LogP) is 1.25. The highest BCUT2D eigenvalue weighted by atomic mass is 16.5. The lowest BCUT2D eigenvalue weighted by Gasteiger charge is -2.15. The molecule has 1 heterocycles. The van der Waals surface area contributed by atoms with Gasteiger partial charge in [0.1, 0.15) is 0 Å². The first-order chi connectivity index (χ1) is 8.76. The third-order valence-corrected chi connectivity index (χ3v) is 3.72. The van der Waals surface area contributed by atoms with E-state index in [1.165, 1.54) is 12.8 Å². The lowest BCUT2D eigenvalue weighted by molar-refractivity contribution is 0.171. The van der Waals surface area contributed by atoms with Crippen LogP contribution >= 0.6 is 0 Å². The van der Waals surface area contributed by atoms with Gasteiger partial charge in [-0.1, -0.05) is 6.07 Å². The van der Waals surface area contributed by atoms with E-state index in [4.69, 9.17) is 4.74 Å². The maximum Gasteiger partial charge on any atom is 0.250 e. The molecule has 1 aliphatic rings. The standard InChI is InChI=1S/C14H22N2O2/c1-18-11-7-14(5-6-14)12-15-8-10-16-9-3-2-4-13(16)17/h2-4,9,15H,5-8,10-12H2,1H3. The Morgan fingerprint density at radius 1 is 1.44 bits per heavy atom. The molecule has 100 valence electrons. The Kier molecular flexibility index (Phi) is 4.55. The molecule has 1 fully saturated rings. The maximum atomic E-state index is 11.5. The van der Waals surface area contributed by atoms with Crippen molar-refractivity contribution >= 4 is 0 Å². The van der Waals surface area contributed by atoms with Crippen molar-refractivity contribution in [2.45, 2.75) is 25.8 Å². The normalized spacial score (nSPS) is 16.7. The van der Waals surface area contributed by atoms with Gasteiger partial charge in [-0.3, -0.25) is 4.79 Å². The minimum Gasteiger partial charge on any atom is -0.385 e. The number of nitrogens with zero attached hydrogens (tertiary/aromatic N) is 1. The summed E-state index contributed by atoms with van der Waals surface area (Å²) in [6.45, 7) is 3.47. The topological polar surface area (TPSA) is 43.3 Å². The average molecular weight is 250 g/mol. The molecule has 0 bridgehead atoms. The van der Waals surface area contributed by atoms with Crippen LogP contribution < -0.4 is 10.9 Å². The van der Waals surface area contributed by atoms with Crippen LogP contribution in [0.1, 0.15) is 19.3 Å². The third kappa shape index (κ3) is 3.68. The second kappa shape index (κ2) is 6.16. The van der Waals surface area contributed by atoms with Gasteiger partial charge in [-0.25, -0.2) is 0 Å². The smallest absolute Gasteiger partial charge is 0.250 e. The minimum atomic E-state index is 0.0693. The van der Waals surface area contributed by atoms with Crippen LogP contribution in [0.2, 0.25) is 0 Å². The molecule has 0 spiro atoms. The van der Waals surface area contributed by atoms with E-state index in [2.05, 4.69) is 5.32 Å². The number of hydrogen-bond acceptors (Lipinski definition) is 3. The number of nitrogens with one attached hydrogen (secondary N) is 1. The maximum absolute atomic E-state index is 11.5. The van der Waals surface area contributed by atoms with Crippen molar-refractivity contribution in [3.05, 3.63) is 34.7 Å². The summed E-state index contributed by atoms with van der Waals surface area (Å²) in [5.41, 5.74) is 0.539. The van der Waals surface area contributed by atoms with Crippen molar-refractivity contribution in [2.24, 2.45) is 5.41 Å². The Hall–Kier alpha value is -1.13. The second-order valence-electron chi connectivity index (χ2n) is 5.15. The number of hydrogen-bond donors (Lipinski definition) is 1. The summed E-state index contributed by atoms with van der Waals surface area (Å²) < 4.78 is 6.87. The fraction of sp³-hybridized carbons (Fsp3) is 0.643. The van der Waals surface area contributed by atoms with E-state index in [-0.39, 0.29) is 5.56 Å². The third-order valence-electron chi connectivity index (χ3n) is 3.72. The first-order valence-electron chi connectivity index (χ1n) is 6.61. The van der Waals surface area contributed by atoms with Gasteiger partial charge < -0.3 is 14.6 Å². The van der Waals surface area contributed by atoms with Crippen LogP contribution in [0.3, 0.4) is 0 Å². The van der Waals surface area contributed by atoms with E-state index in [0.717, 1.165) is 32.7 Å². The van der Waals surface area contributed by atoms with Crippen molar-refractivity contribution < 1.29 is 4.74 Å². The molecular formula is C14H22N2O2. The Morgan fingerprint density at radius 2 is 2.28 bits per heavy atom. The zero-order valence-corrected chi connectivity index (χ0v) is 11.0. The van der Waals surface area contributed by atoms with Crippen molar-refractivity contribution in [2.75, 3.05) is 26.8 Å². The van der Waals surface area contributed by atoms with E-state index in [1.807, 2.05) is 12.3 Å². The van der Waals surface area contributed by atoms with Gasteiger partial charge in [0.25, 0.3) is 5.56 Å². The molecule has 1 saturated carbocycles. The highest BCUT2D eigenvalue weighted by Gasteiger charge is 2.41. The molecule has 4 heteroatoms. The van der Waals surface area contributed by atoms with Gasteiger partial charge in [0.05, 0.1) is 0 Å². The number of ether oxygens (including phenoxy) is 1. The summed E-state index contributed by atoms with van der Waals surface area (Å²) in [7, 11) is 1.76. The lowest BCUT2D eigenvalue weighted by atomic mass is 10.0. The van der Waals surface area contributed by atoms with Crippen LogP contribution in [0.4, 0.5) is 0 Å². The Morgan fingerprint density at radius 3 is 2.94 bits per heavy atom. The van der Waals surface area contributed by atoms with Gasteiger partial charge in [0, 0.05) is 45.6 Å². The molecule has 0 saturated heterocycles. The summed E-state index contributed by atoms with van der Waals surface area (Å²) in [6, 6.07) is 5.26. The van der Waals surface area contributed by atoms with Crippen molar-refractivity contribution in [1.29, 1.82) is 0 Å². The molecule has 0 amide bonds. The molecular weight excluding hydrogens is 228 g/mol. The lowest BCUT2D eigenvalue weighted by Crippen LogP contribution is -2.30. The molecule has 1 aromatic rings. The Labute approximate surface area is 108 Å². The Bertz CT molecular complexity index is 424. The molecule has 18 heavy (non-hydrogen) atoms. The van der Waals surface area contributed by atoms with Crippen molar-refractivity contribution in [3.63, 3.8) is 0 Å². The number of rotatable bonds is 8. The van der Waals surface area contributed by atoms with Gasteiger partial charge in [0.15, 0.2) is 0 Å². The molecule has 0 unspecified atom stereocenters. The van der Waals surface area contributed by atoms with Gasteiger partial charge in [-0.15, -0.1) is 0 Å². The number of methoxy groups -OCH3 is 1. The molecule has 0 aromatic carbocycles. The van der Waals surface area contributed by atoms with Crippen LogP contribution in [0.25, 0.3) is 0 Å². The zero-order chi connectivity index (χ0) is 12.8. The highest BCUT2D eigenvalue weighted by Crippen LogP contribution is 2.48. The molecule has 1 aromatic heterocycles. The summed E-state index contributed by atoms with van der Waals surface area (Å²) in [4.78, 5) is 11.5. The summed E-state index contributed by atoms with van der Waals surface area (Å²) in [6.07, 6.45) is 5.58. The van der Waals surface area contributed by atoms with E-state index in [1.54, 1.807) is 23.8 Å². The largest absolute Gasteiger partial charge is 0.385 e. The van der Waals surface area contributed by atoms with Crippen LogP contribution in [0.15, 0.2) is 29.2 Å². The first-order valence-corrected chi connectivity index (χ1v) is 6.61. The van der Waals surface area contributed by atoms with Gasteiger partial charge in [-0.05, 0) is 30.7 Å². The molecule has 0 aliphatic heterocycles. The summed E-state index contributed by atoms with van der Waals surface area (Å²) in [5.74, 6) is 0. The SMILES string of the molecule is COCCC1(CNCCn2ccccc2=O)CC1. The fourth-order valence-corrected chi connectivity index (χ4v) is 2.21. The van der Waals surface area contributed by atoms with Crippen LogP contribution in [-0.4, -0.2) is 31.4 Å². The molecule has 2 rings (SSSR count). The predicted molar refractivity (Wildman–Crippen MR) is 71.7 cm³/mol. The highest BCUT2D eigenvalue weighted by molar-refractivity contribution is 4.95. The monoisotopic (exact) mass is 250 g/mol. The fourth-order valence-electron chi connectivity index (χ4n) is 2.21. The molecule has 1 N–H and O–H groups in total. The first kappa shape index (κ1) is 13.3. The molecule has 0 radical (unpaired) electrons. The van der Waals surface area contributed by atoms with Gasteiger partial charge in [0.2, 0.25) is 0 Å². The number of aromatic nitrogens is 1. The summed E-state index contributed by atoms with van der Waals surface area (Å²) >= 11 is 0. The van der Waals surface area contributed by atoms with E-state index in [9.17, 15) is 4.79 Å². The molecule has 0 atom stereocenters. The van der Waals surface area contributed by atoms with Gasteiger partial charge in [-0.2, -0.15) is 0 Å². The average Bonchev–Trinajstić information content (AvgIpc) is 3.15. The van der Waals surface area contributed by atoms with E-state index in [0.29, 0.717) is 5.41 Å². The van der Waals surface area contributed by atoms with Gasteiger partial charge >= 0.3 is 0 Å². The van der Waals surface area contributed by atoms with E-state index >= 15 is 0 Å². The Balaban J connectivity index is 1.67. The molecule has 4 nitrogen and oxygen atoms in total. The van der Waals surface area contributed by atoms with Crippen LogP contribution in [-0.2, 0) is 11.3 Å². The quantitative estimate of drug-likeness (QED) is 0.706. The van der Waals surface area contributed by atoms with Crippen LogP contribution in [0.5, 0.6) is 0 Å². The van der Waals surface area contributed by atoms with Crippen molar-refractivity contribution in [3.8, 4) is 0 Å². The zero-order valence-electron chi connectivity index (χ0n) is 11.0. The summed E-state index contributed by atoms with van der Waals surface area (Å²) in [5, 5.41) is 3.46. The van der Waals surface area contributed by atoms with Crippen LogP contribution in [0, 0.1) is 5.41 Å². The van der Waals surface area contributed by atoms with E-state index < -0.39 is 0 Å². The number of pyridine rings is 1. The minimum absolute atomic E-state index is 0.0693.